The average Bonchev–Trinajstić information content (AvgIpc) is 3.01. The van der Waals surface area contributed by atoms with Crippen LogP contribution in [0, 0.1) is 0 Å². The molecule has 6 heteroatoms. The lowest BCUT2D eigenvalue weighted by atomic mass is 10.1. The molecule has 1 fully saturated rings. The zero-order valence-corrected chi connectivity index (χ0v) is 12.7. The second-order valence-electron chi connectivity index (χ2n) is 5.67. The molecule has 0 radical (unpaired) electrons. The van der Waals surface area contributed by atoms with E-state index in [9.17, 15) is 0 Å². The number of nitrogens with one attached hydrogen (secondary N) is 2. The van der Waals surface area contributed by atoms with Crippen LogP contribution in [0.4, 0.5) is 11.5 Å². The Balaban J connectivity index is 1.78. The summed E-state index contributed by atoms with van der Waals surface area (Å²) >= 11 is 0. The van der Waals surface area contributed by atoms with Crippen LogP contribution in [-0.4, -0.2) is 42.9 Å². The van der Waals surface area contributed by atoms with E-state index in [0.717, 1.165) is 36.6 Å². The third kappa shape index (κ3) is 3.56. The molecule has 0 saturated heterocycles. The lowest BCUT2D eigenvalue weighted by molar-refractivity contribution is 0.140. The summed E-state index contributed by atoms with van der Waals surface area (Å²) in [5, 5.41) is 7.01. The smallest absolute Gasteiger partial charge is 0.318 e. The molecule has 2 N–H and O–H groups in total. The van der Waals surface area contributed by atoms with Gasteiger partial charge in [-0.3, -0.25) is 0 Å². The van der Waals surface area contributed by atoms with E-state index in [1.54, 1.807) is 7.11 Å². The molecule has 1 aliphatic heterocycles. The molecule has 0 amide bonds. The van der Waals surface area contributed by atoms with Crippen molar-refractivity contribution in [3.63, 3.8) is 0 Å². The zero-order chi connectivity index (χ0) is 14.5. The van der Waals surface area contributed by atoms with Crippen molar-refractivity contribution in [2.24, 2.45) is 0 Å². The van der Waals surface area contributed by atoms with Crippen molar-refractivity contribution in [1.82, 2.24) is 9.97 Å². The monoisotopic (exact) mass is 292 g/mol. The first-order chi connectivity index (χ1) is 10.4. The number of aromatic nitrogens is 2. The van der Waals surface area contributed by atoms with Crippen molar-refractivity contribution >= 4 is 11.5 Å². The Morgan fingerprint density at radius 1 is 1.19 bits per heavy atom. The Morgan fingerprint density at radius 2 is 2.05 bits per heavy atom. The normalized spacial score (nSPS) is 18.1. The minimum atomic E-state index is 0.454. The third-order valence-corrected chi connectivity index (χ3v) is 4.07. The molecule has 21 heavy (non-hydrogen) atoms. The number of aryl methyl sites for hydroxylation is 1. The van der Waals surface area contributed by atoms with Crippen LogP contribution in [-0.2, 0) is 11.2 Å². The Labute approximate surface area is 125 Å². The van der Waals surface area contributed by atoms with Gasteiger partial charge >= 0.3 is 6.01 Å². The fraction of sp³-hybridized carbons (Fsp3) is 0.733. The number of hydrogen-bond donors (Lipinski definition) is 2. The minimum Gasteiger partial charge on any atom is -0.461 e. The van der Waals surface area contributed by atoms with Gasteiger partial charge in [0.25, 0.3) is 0 Å². The van der Waals surface area contributed by atoms with Gasteiger partial charge in [-0.1, -0.05) is 12.8 Å². The molecule has 1 aromatic rings. The summed E-state index contributed by atoms with van der Waals surface area (Å²) in [5.74, 6) is 0.902. The van der Waals surface area contributed by atoms with Gasteiger partial charge in [-0.25, -0.2) is 0 Å². The zero-order valence-electron chi connectivity index (χ0n) is 12.7. The van der Waals surface area contributed by atoms with Crippen LogP contribution in [0.15, 0.2) is 0 Å². The van der Waals surface area contributed by atoms with Crippen molar-refractivity contribution < 1.29 is 9.47 Å². The van der Waals surface area contributed by atoms with E-state index in [1.807, 2.05) is 0 Å². The number of fused-ring (bicyclic) bond motifs is 1. The first kappa shape index (κ1) is 14.4. The molecule has 0 unspecified atom stereocenters. The number of rotatable bonds is 6. The van der Waals surface area contributed by atoms with Gasteiger partial charge in [-0.2, -0.15) is 9.97 Å². The van der Waals surface area contributed by atoms with Crippen LogP contribution in [0.1, 0.15) is 37.8 Å². The van der Waals surface area contributed by atoms with E-state index in [-0.39, 0.29) is 0 Å². The highest BCUT2D eigenvalue weighted by atomic mass is 16.5. The first-order valence-corrected chi connectivity index (χ1v) is 7.90. The lowest BCUT2D eigenvalue weighted by Gasteiger charge is -2.23. The third-order valence-electron chi connectivity index (χ3n) is 4.07. The summed E-state index contributed by atoms with van der Waals surface area (Å²) in [4.78, 5) is 9.09. The number of anilines is 2. The molecule has 2 aliphatic rings. The predicted molar refractivity (Wildman–Crippen MR) is 82.1 cm³/mol. The fourth-order valence-electron chi connectivity index (χ4n) is 2.97. The van der Waals surface area contributed by atoms with Gasteiger partial charge in [0, 0.05) is 19.7 Å². The summed E-state index contributed by atoms with van der Waals surface area (Å²) in [6.07, 6.45) is 7.12. The molecule has 1 saturated carbocycles. The Hall–Kier alpha value is -1.56. The summed E-state index contributed by atoms with van der Waals surface area (Å²) in [6.45, 7) is 2.01. The van der Waals surface area contributed by atoms with Gasteiger partial charge in [0.1, 0.15) is 6.61 Å². The summed E-state index contributed by atoms with van der Waals surface area (Å²) < 4.78 is 10.6. The van der Waals surface area contributed by atoms with E-state index in [4.69, 9.17) is 9.47 Å². The lowest BCUT2D eigenvalue weighted by Crippen LogP contribution is -2.22. The Bertz CT molecular complexity index is 475. The molecule has 1 aromatic heterocycles. The summed E-state index contributed by atoms with van der Waals surface area (Å²) in [6, 6.07) is 0.981. The largest absolute Gasteiger partial charge is 0.461 e. The van der Waals surface area contributed by atoms with E-state index < -0.39 is 0 Å². The Morgan fingerprint density at radius 3 is 2.86 bits per heavy atom. The summed E-state index contributed by atoms with van der Waals surface area (Å²) in [7, 11) is 1.66. The first-order valence-electron chi connectivity index (χ1n) is 7.90. The maximum absolute atomic E-state index is 5.60. The second kappa shape index (κ2) is 6.93. The van der Waals surface area contributed by atoms with Gasteiger partial charge in [0.2, 0.25) is 0 Å². The molecule has 0 atom stereocenters. The number of hydrogen-bond acceptors (Lipinski definition) is 6. The molecule has 0 spiro atoms. The Kier molecular flexibility index (Phi) is 4.75. The maximum Gasteiger partial charge on any atom is 0.318 e. The van der Waals surface area contributed by atoms with Crippen molar-refractivity contribution in [2.75, 3.05) is 37.5 Å². The van der Waals surface area contributed by atoms with E-state index in [2.05, 4.69) is 20.6 Å². The van der Waals surface area contributed by atoms with Crippen LogP contribution in [0.5, 0.6) is 6.01 Å². The molecular weight excluding hydrogens is 268 g/mol. The van der Waals surface area contributed by atoms with E-state index in [1.165, 1.54) is 25.7 Å². The van der Waals surface area contributed by atoms with Gasteiger partial charge in [0.15, 0.2) is 5.82 Å². The van der Waals surface area contributed by atoms with Gasteiger partial charge in [-0.15, -0.1) is 0 Å². The quantitative estimate of drug-likeness (QED) is 0.784. The molecule has 0 aromatic carbocycles. The molecule has 6 nitrogen and oxygen atoms in total. The van der Waals surface area contributed by atoms with Crippen molar-refractivity contribution in [1.29, 1.82) is 0 Å². The highest BCUT2D eigenvalue weighted by Crippen LogP contribution is 2.32. The van der Waals surface area contributed by atoms with Crippen LogP contribution in [0.3, 0.4) is 0 Å². The van der Waals surface area contributed by atoms with Crippen LogP contribution < -0.4 is 15.4 Å². The molecular formula is C15H24N4O2. The highest BCUT2D eigenvalue weighted by Gasteiger charge is 2.22. The maximum atomic E-state index is 5.60. The van der Waals surface area contributed by atoms with E-state index in [0.29, 0.717) is 25.3 Å². The molecule has 1 aliphatic carbocycles. The highest BCUT2D eigenvalue weighted by molar-refractivity contribution is 5.68. The molecule has 3 rings (SSSR count). The summed E-state index contributed by atoms with van der Waals surface area (Å²) in [5.41, 5.74) is 2.12. The van der Waals surface area contributed by atoms with Gasteiger partial charge in [0.05, 0.1) is 18.0 Å². The van der Waals surface area contributed by atoms with Gasteiger partial charge < -0.3 is 20.1 Å². The topological polar surface area (TPSA) is 68.3 Å². The molecule has 2 heterocycles. The van der Waals surface area contributed by atoms with E-state index >= 15 is 0 Å². The van der Waals surface area contributed by atoms with Gasteiger partial charge in [-0.05, 0) is 25.7 Å². The number of methoxy groups -OCH3 is 1. The number of nitrogens with zero attached hydrogens (tertiary/aromatic N) is 2. The minimum absolute atomic E-state index is 0.454. The van der Waals surface area contributed by atoms with Crippen LogP contribution in [0.25, 0.3) is 0 Å². The standard InChI is InChI=1S/C15H24N4O2/c1-20-9-10-21-15-18-12-7-4-8-16-13(12)14(19-15)17-11-5-2-3-6-11/h11,16H,2-10H2,1H3,(H,17,18,19). The predicted octanol–water partition coefficient (Wildman–Crippen LogP) is 2.21. The molecule has 0 bridgehead atoms. The van der Waals surface area contributed by atoms with Crippen molar-refractivity contribution in [3.8, 4) is 6.01 Å². The van der Waals surface area contributed by atoms with Crippen LogP contribution in [0.2, 0.25) is 0 Å². The second-order valence-corrected chi connectivity index (χ2v) is 5.67. The number of ether oxygens (including phenoxy) is 2. The van der Waals surface area contributed by atoms with Crippen LogP contribution >= 0.6 is 0 Å². The van der Waals surface area contributed by atoms with Crippen molar-refractivity contribution in [2.45, 2.75) is 44.6 Å². The molecule has 116 valence electrons. The fourth-order valence-corrected chi connectivity index (χ4v) is 2.97. The average molecular weight is 292 g/mol. The van der Waals surface area contributed by atoms with Crippen molar-refractivity contribution in [3.05, 3.63) is 5.69 Å². The SMILES string of the molecule is COCCOc1nc2c(c(NC3CCCC3)n1)NCCC2.